The summed E-state index contributed by atoms with van der Waals surface area (Å²) in [4.78, 5) is 0. The average molecular weight is 410 g/mol. The van der Waals surface area contributed by atoms with Crippen molar-refractivity contribution in [3.63, 3.8) is 0 Å². The third-order valence-electron chi connectivity index (χ3n) is 4.80. The molecule has 0 bridgehead atoms. The van der Waals surface area contributed by atoms with Gasteiger partial charge in [0.1, 0.15) is 17.6 Å². The standard InChI is InChI=1S/C19H27N3O5S/c1-4-28(23,24)22-10-12-27-19(14-22)18-13-15(21(2)20-18)9-11-26-17-7-5-16(25-3)6-8-17/h5-8,13,19H,4,9-12,14H2,1-3H3. The van der Waals surface area contributed by atoms with Gasteiger partial charge in [-0.2, -0.15) is 9.40 Å². The molecule has 1 aliphatic heterocycles. The van der Waals surface area contributed by atoms with Crippen LogP contribution in [0.4, 0.5) is 0 Å². The zero-order valence-corrected chi connectivity index (χ0v) is 17.3. The third-order valence-corrected chi connectivity index (χ3v) is 6.65. The maximum absolute atomic E-state index is 12.1. The van der Waals surface area contributed by atoms with E-state index in [4.69, 9.17) is 14.2 Å². The fourth-order valence-corrected chi connectivity index (χ4v) is 4.19. The van der Waals surface area contributed by atoms with Crippen molar-refractivity contribution in [2.45, 2.75) is 19.4 Å². The van der Waals surface area contributed by atoms with Crippen molar-refractivity contribution in [1.29, 1.82) is 0 Å². The summed E-state index contributed by atoms with van der Waals surface area (Å²) in [6.07, 6.45) is 0.330. The topological polar surface area (TPSA) is 82.9 Å². The average Bonchev–Trinajstić information content (AvgIpc) is 3.09. The van der Waals surface area contributed by atoms with Crippen LogP contribution in [-0.2, 0) is 28.2 Å². The van der Waals surface area contributed by atoms with Crippen LogP contribution < -0.4 is 9.47 Å². The van der Waals surface area contributed by atoms with Gasteiger partial charge in [0.25, 0.3) is 0 Å². The molecule has 1 atom stereocenters. The summed E-state index contributed by atoms with van der Waals surface area (Å²) in [6.45, 7) is 3.22. The molecule has 1 unspecified atom stereocenters. The fourth-order valence-electron chi connectivity index (χ4n) is 3.11. The Morgan fingerprint density at radius 2 is 1.96 bits per heavy atom. The summed E-state index contributed by atoms with van der Waals surface area (Å²) in [6, 6.07) is 9.41. The molecular formula is C19H27N3O5S. The summed E-state index contributed by atoms with van der Waals surface area (Å²) in [5.41, 5.74) is 1.75. The molecule has 0 amide bonds. The molecule has 9 heteroatoms. The Hall–Kier alpha value is -2.10. The molecule has 1 fully saturated rings. The van der Waals surface area contributed by atoms with E-state index in [9.17, 15) is 8.42 Å². The quantitative estimate of drug-likeness (QED) is 0.661. The maximum Gasteiger partial charge on any atom is 0.214 e. The highest BCUT2D eigenvalue weighted by Crippen LogP contribution is 2.24. The van der Waals surface area contributed by atoms with Gasteiger partial charge in [0.15, 0.2) is 0 Å². The van der Waals surface area contributed by atoms with Crippen LogP contribution in [0.2, 0.25) is 0 Å². The molecule has 154 valence electrons. The Morgan fingerprint density at radius 1 is 1.25 bits per heavy atom. The van der Waals surface area contributed by atoms with Crippen LogP contribution in [0, 0.1) is 0 Å². The molecule has 28 heavy (non-hydrogen) atoms. The first-order valence-electron chi connectivity index (χ1n) is 9.32. The van der Waals surface area contributed by atoms with E-state index in [1.165, 1.54) is 4.31 Å². The van der Waals surface area contributed by atoms with Gasteiger partial charge in [0, 0.05) is 32.3 Å². The molecule has 8 nitrogen and oxygen atoms in total. The highest BCUT2D eigenvalue weighted by atomic mass is 32.2. The van der Waals surface area contributed by atoms with E-state index in [1.807, 2.05) is 37.4 Å². The molecule has 2 aromatic rings. The van der Waals surface area contributed by atoms with Gasteiger partial charge in [-0.1, -0.05) is 0 Å². The van der Waals surface area contributed by atoms with Crippen LogP contribution in [0.1, 0.15) is 24.4 Å². The Labute approximate surface area is 166 Å². The van der Waals surface area contributed by atoms with Crippen LogP contribution in [0.5, 0.6) is 11.5 Å². The van der Waals surface area contributed by atoms with Gasteiger partial charge in [0.05, 0.1) is 31.8 Å². The van der Waals surface area contributed by atoms with Gasteiger partial charge in [-0.15, -0.1) is 0 Å². The van der Waals surface area contributed by atoms with Crippen molar-refractivity contribution in [1.82, 2.24) is 14.1 Å². The number of morpholine rings is 1. The van der Waals surface area contributed by atoms with Gasteiger partial charge in [0.2, 0.25) is 10.0 Å². The lowest BCUT2D eigenvalue weighted by Gasteiger charge is -2.31. The van der Waals surface area contributed by atoms with Crippen LogP contribution in [0.3, 0.4) is 0 Å². The summed E-state index contributed by atoms with van der Waals surface area (Å²) in [7, 11) is 0.273. The lowest BCUT2D eigenvalue weighted by molar-refractivity contribution is -0.00515. The van der Waals surface area contributed by atoms with Crippen molar-refractivity contribution in [3.8, 4) is 11.5 Å². The smallest absolute Gasteiger partial charge is 0.214 e. The number of methoxy groups -OCH3 is 1. The second-order valence-electron chi connectivity index (χ2n) is 6.58. The fraction of sp³-hybridized carbons (Fsp3) is 0.526. The molecule has 1 aromatic heterocycles. The lowest BCUT2D eigenvalue weighted by atomic mass is 10.2. The predicted octanol–water partition coefficient (Wildman–Crippen LogP) is 1.77. The summed E-state index contributed by atoms with van der Waals surface area (Å²) < 4.78 is 44.3. The molecular weight excluding hydrogens is 382 g/mol. The first-order chi connectivity index (χ1) is 13.4. The molecule has 0 radical (unpaired) electrons. The minimum atomic E-state index is -3.23. The minimum Gasteiger partial charge on any atom is -0.497 e. The Kier molecular flexibility index (Phi) is 6.58. The SMILES string of the molecule is CCS(=O)(=O)N1CCOC(c2cc(CCOc3ccc(OC)cc3)n(C)n2)C1. The zero-order valence-electron chi connectivity index (χ0n) is 16.5. The number of sulfonamides is 1. The lowest BCUT2D eigenvalue weighted by Crippen LogP contribution is -2.43. The molecule has 0 aliphatic carbocycles. The van der Waals surface area contributed by atoms with E-state index in [1.54, 1.807) is 18.7 Å². The van der Waals surface area contributed by atoms with Gasteiger partial charge >= 0.3 is 0 Å². The first-order valence-corrected chi connectivity index (χ1v) is 10.9. The molecule has 0 N–H and O–H groups in total. The molecule has 1 aromatic carbocycles. The van der Waals surface area contributed by atoms with Crippen LogP contribution >= 0.6 is 0 Å². The highest BCUT2D eigenvalue weighted by Gasteiger charge is 2.30. The minimum absolute atomic E-state index is 0.0931. The normalized spacial score (nSPS) is 18.2. The van der Waals surface area contributed by atoms with Crippen molar-refractivity contribution in [2.24, 2.45) is 7.05 Å². The largest absolute Gasteiger partial charge is 0.497 e. The van der Waals surface area contributed by atoms with Crippen molar-refractivity contribution in [2.75, 3.05) is 39.2 Å². The summed E-state index contributed by atoms with van der Waals surface area (Å²) >= 11 is 0. The van der Waals surface area contributed by atoms with Crippen molar-refractivity contribution < 1.29 is 22.6 Å². The summed E-state index contributed by atoms with van der Waals surface area (Å²) in [5.74, 6) is 1.66. The highest BCUT2D eigenvalue weighted by molar-refractivity contribution is 7.89. The molecule has 1 aliphatic rings. The number of nitrogens with zero attached hydrogens (tertiary/aromatic N) is 3. The van der Waals surface area contributed by atoms with E-state index in [0.717, 1.165) is 22.9 Å². The van der Waals surface area contributed by atoms with Crippen molar-refractivity contribution >= 4 is 10.0 Å². The number of rotatable bonds is 8. The summed E-state index contributed by atoms with van der Waals surface area (Å²) in [5, 5.41) is 4.52. The third kappa shape index (κ3) is 4.84. The van der Waals surface area contributed by atoms with Gasteiger partial charge in [-0.3, -0.25) is 4.68 Å². The van der Waals surface area contributed by atoms with Crippen molar-refractivity contribution in [3.05, 3.63) is 41.7 Å². The molecule has 0 spiro atoms. The maximum atomic E-state index is 12.1. The number of ether oxygens (including phenoxy) is 3. The van der Waals surface area contributed by atoms with E-state index < -0.39 is 10.0 Å². The van der Waals surface area contributed by atoms with E-state index >= 15 is 0 Å². The van der Waals surface area contributed by atoms with Crippen LogP contribution in [0.15, 0.2) is 30.3 Å². The van der Waals surface area contributed by atoms with Gasteiger partial charge < -0.3 is 14.2 Å². The number of aryl methyl sites for hydroxylation is 1. The Bertz CT molecular complexity index is 879. The molecule has 3 rings (SSSR count). The molecule has 2 heterocycles. The zero-order chi connectivity index (χ0) is 20.1. The monoisotopic (exact) mass is 409 g/mol. The van der Waals surface area contributed by atoms with E-state index in [0.29, 0.717) is 32.7 Å². The van der Waals surface area contributed by atoms with Crippen LogP contribution in [0.25, 0.3) is 0 Å². The number of benzene rings is 1. The van der Waals surface area contributed by atoms with E-state index in [-0.39, 0.29) is 11.9 Å². The second-order valence-corrected chi connectivity index (χ2v) is 8.83. The predicted molar refractivity (Wildman–Crippen MR) is 105 cm³/mol. The van der Waals surface area contributed by atoms with Gasteiger partial charge in [-0.05, 0) is 37.3 Å². The Morgan fingerprint density at radius 3 is 2.64 bits per heavy atom. The molecule has 0 saturated carbocycles. The number of hydrogen-bond donors (Lipinski definition) is 0. The van der Waals surface area contributed by atoms with Gasteiger partial charge in [-0.25, -0.2) is 8.42 Å². The first kappa shape index (κ1) is 20.6. The number of aromatic nitrogens is 2. The number of hydrogen-bond acceptors (Lipinski definition) is 6. The van der Waals surface area contributed by atoms with E-state index in [2.05, 4.69) is 5.10 Å². The van der Waals surface area contributed by atoms with Crippen LogP contribution in [-0.4, -0.2) is 61.7 Å². The second kappa shape index (κ2) is 8.93. The molecule has 1 saturated heterocycles. The Balaban J connectivity index is 1.59.